The van der Waals surface area contributed by atoms with Gasteiger partial charge in [-0.05, 0) is 12.8 Å². The van der Waals surface area contributed by atoms with Gasteiger partial charge >= 0.3 is 17.8 Å². The number of hydrogen-bond donors (Lipinski definition) is 0. The first-order chi connectivity index (χ1) is 11.1. The van der Waals surface area contributed by atoms with Gasteiger partial charge in [0.25, 0.3) is 5.88 Å². The number of ether oxygens (including phenoxy) is 3. The predicted molar refractivity (Wildman–Crippen MR) is 78.4 cm³/mol. The number of hydrogen-bond acceptors (Lipinski definition) is 9. The van der Waals surface area contributed by atoms with Gasteiger partial charge < -0.3 is 14.2 Å². The predicted octanol–water partition coefficient (Wildman–Crippen LogP) is 0.976. The van der Waals surface area contributed by atoms with E-state index in [4.69, 9.17) is 25.8 Å². The second kappa shape index (κ2) is 5.15. The van der Waals surface area contributed by atoms with E-state index in [-0.39, 0.29) is 11.8 Å². The SMILES string of the molecule is COc1nsnc1C1=C(Cl)C2CCCN(C2)C12OC(=O)C(=O)O2. The largest absolute Gasteiger partial charge is 0.479 e. The Morgan fingerprint density at radius 1 is 1.35 bits per heavy atom. The summed E-state index contributed by atoms with van der Waals surface area (Å²) in [6, 6.07) is 0. The Bertz CT molecular complexity index is 717. The summed E-state index contributed by atoms with van der Waals surface area (Å²) in [4.78, 5) is 25.3. The number of piperidine rings is 1. The Morgan fingerprint density at radius 3 is 2.78 bits per heavy atom. The molecular formula is C13H12ClN3O5S. The molecule has 0 N–H and O–H groups in total. The molecule has 2 bridgehead atoms. The van der Waals surface area contributed by atoms with Crippen molar-refractivity contribution in [2.45, 2.75) is 18.8 Å². The van der Waals surface area contributed by atoms with Crippen molar-refractivity contribution in [3.8, 4) is 5.88 Å². The maximum absolute atomic E-state index is 11.7. The summed E-state index contributed by atoms with van der Waals surface area (Å²) in [6.45, 7) is 1.16. The molecule has 3 aliphatic heterocycles. The summed E-state index contributed by atoms with van der Waals surface area (Å²) in [6.07, 6.45) is 1.76. The van der Waals surface area contributed by atoms with E-state index < -0.39 is 17.8 Å². The lowest BCUT2D eigenvalue weighted by Crippen LogP contribution is -2.58. The Morgan fingerprint density at radius 2 is 2.09 bits per heavy atom. The lowest BCUT2D eigenvalue weighted by Gasteiger charge is -2.46. The van der Waals surface area contributed by atoms with Gasteiger partial charge in [0.1, 0.15) is 5.57 Å². The highest BCUT2D eigenvalue weighted by Gasteiger charge is 2.61. The van der Waals surface area contributed by atoms with Crippen LogP contribution in [0.25, 0.3) is 5.57 Å². The second-order valence-corrected chi connectivity index (χ2v) is 6.43. The molecule has 1 aromatic heterocycles. The zero-order valence-corrected chi connectivity index (χ0v) is 13.6. The summed E-state index contributed by atoms with van der Waals surface area (Å²) in [7, 11) is 1.46. The van der Waals surface area contributed by atoms with E-state index in [0.717, 1.165) is 24.6 Å². The van der Waals surface area contributed by atoms with Crippen LogP contribution >= 0.6 is 23.3 Å². The van der Waals surface area contributed by atoms with Gasteiger partial charge in [-0.25, -0.2) is 14.5 Å². The first-order valence-electron chi connectivity index (χ1n) is 7.05. The van der Waals surface area contributed by atoms with E-state index in [9.17, 15) is 9.59 Å². The van der Waals surface area contributed by atoms with Gasteiger partial charge in [-0.2, -0.15) is 4.37 Å². The number of carbonyl (C=O) groups is 2. The molecule has 10 heteroatoms. The highest BCUT2D eigenvalue weighted by Crippen LogP contribution is 2.51. The van der Waals surface area contributed by atoms with Crippen LogP contribution in [0.15, 0.2) is 5.03 Å². The molecular weight excluding hydrogens is 346 g/mol. The monoisotopic (exact) mass is 357 g/mol. The molecule has 4 heterocycles. The Balaban J connectivity index is 1.94. The van der Waals surface area contributed by atoms with Crippen molar-refractivity contribution in [1.29, 1.82) is 0 Å². The van der Waals surface area contributed by atoms with Gasteiger partial charge in [0.2, 0.25) is 0 Å². The first-order valence-corrected chi connectivity index (χ1v) is 8.16. The fourth-order valence-electron chi connectivity index (χ4n) is 3.28. The number of rotatable bonds is 2. The number of carbonyl (C=O) groups excluding carboxylic acids is 2. The molecule has 2 unspecified atom stereocenters. The lowest BCUT2D eigenvalue weighted by atomic mass is 9.87. The molecule has 0 saturated carbocycles. The van der Waals surface area contributed by atoms with Gasteiger partial charge in [0.05, 0.1) is 18.8 Å². The zero-order valence-electron chi connectivity index (χ0n) is 12.1. The molecule has 2 atom stereocenters. The minimum Gasteiger partial charge on any atom is -0.479 e. The van der Waals surface area contributed by atoms with Crippen LogP contribution in [0.4, 0.5) is 0 Å². The standard InChI is InChI=1S/C13H12ClN3O5S/c1-20-10-9(15-23-16-10)7-8(14)6-3-2-4-17(5-6)13(7)21-11(18)12(19)22-13/h6H,2-5H2,1H3. The van der Waals surface area contributed by atoms with E-state index in [2.05, 4.69) is 8.75 Å². The lowest BCUT2D eigenvalue weighted by molar-refractivity contribution is -0.224. The summed E-state index contributed by atoms with van der Waals surface area (Å²) in [5.41, 5.74) is 0.668. The third kappa shape index (κ3) is 2.00. The van der Waals surface area contributed by atoms with Gasteiger partial charge in [-0.1, -0.05) is 11.6 Å². The third-order valence-corrected chi connectivity index (χ3v) is 5.28. The number of fused-ring (bicyclic) bond motifs is 3. The van der Waals surface area contributed by atoms with E-state index in [1.165, 1.54) is 7.11 Å². The summed E-state index contributed by atoms with van der Waals surface area (Å²) >= 11 is 7.53. The minimum absolute atomic E-state index is 0.0652. The highest BCUT2D eigenvalue weighted by molar-refractivity contribution is 6.99. The molecule has 8 nitrogen and oxygen atoms in total. The molecule has 4 rings (SSSR count). The quantitative estimate of drug-likeness (QED) is 0.571. The molecule has 1 aromatic rings. The summed E-state index contributed by atoms with van der Waals surface area (Å²) < 4.78 is 24.2. The van der Waals surface area contributed by atoms with Crippen molar-refractivity contribution in [2.75, 3.05) is 20.2 Å². The van der Waals surface area contributed by atoms with E-state index in [1.54, 1.807) is 0 Å². The normalized spacial score (nSPS) is 28.8. The van der Waals surface area contributed by atoms with Crippen molar-refractivity contribution in [3.63, 3.8) is 0 Å². The molecule has 2 saturated heterocycles. The molecule has 23 heavy (non-hydrogen) atoms. The third-order valence-electron chi connectivity index (χ3n) is 4.27. The van der Waals surface area contributed by atoms with Crippen LogP contribution in [0.2, 0.25) is 0 Å². The Hall–Kier alpha value is -1.71. The summed E-state index contributed by atoms with van der Waals surface area (Å²) in [5.74, 6) is -3.44. The maximum Gasteiger partial charge on any atom is 0.422 e. The Labute approximate surface area is 140 Å². The van der Waals surface area contributed by atoms with E-state index >= 15 is 0 Å². The molecule has 0 aliphatic carbocycles. The van der Waals surface area contributed by atoms with Crippen LogP contribution in [-0.2, 0) is 19.1 Å². The van der Waals surface area contributed by atoms with Crippen molar-refractivity contribution in [1.82, 2.24) is 13.6 Å². The van der Waals surface area contributed by atoms with Gasteiger partial charge in [0.15, 0.2) is 5.69 Å². The van der Waals surface area contributed by atoms with E-state index in [1.807, 2.05) is 4.90 Å². The van der Waals surface area contributed by atoms with Crippen molar-refractivity contribution < 1.29 is 23.8 Å². The van der Waals surface area contributed by atoms with Crippen molar-refractivity contribution >= 4 is 40.8 Å². The number of nitrogens with zero attached hydrogens (tertiary/aromatic N) is 3. The molecule has 3 aliphatic rings. The average molecular weight is 358 g/mol. The van der Waals surface area contributed by atoms with E-state index in [0.29, 0.717) is 29.4 Å². The zero-order chi connectivity index (χ0) is 16.2. The topological polar surface area (TPSA) is 90.9 Å². The Kier molecular flexibility index (Phi) is 3.33. The van der Waals surface area contributed by atoms with Crippen LogP contribution < -0.4 is 4.74 Å². The average Bonchev–Trinajstić information content (AvgIpc) is 3.12. The number of methoxy groups -OCH3 is 1. The van der Waals surface area contributed by atoms with Gasteiger partial charge in [-0.3, -0.25) is 0 Å². The van der Waals surface area contributed by atoms with Crippen molar-refractivity contribution in [2.24, 2.45) is 5.92 Å². The fraction of sp³-hybridized carbons (Fsp3) is 0.538. The highest BCUT2D eigenvalue weighted by atomic mass is 35.5. The fourth-order valence-corrected chi connectivity index (χ4v) is 4.20. The summed E-state index contributed by atoms with van der Waals surface area (Å²) in [5, 5.41) is 0.467. The first kappa shape index (κ1) is 14.9. The van der Waals surface area contributed by atoms with Crippen LogP contribution in [0.3, 0.4) is 0 Å². The molecule has 0 aromatic carbocycles. The molecule has 122 valence electrons. The second-order valence-electron chi connectivity index (χ2n) is 5.49. The van der Waals surface area contributed by atoms with Crippen molar-refractivity contribution in [3.05, 3.63) is 10.7 Å². The molecule has 0 amide bonds. The number of esters is 2. The van der Waals surface area contributed by atoms with Crippen LogP contribution in [-0.4, -0.2) is 51.7 Å². The molecule has 2 fully saturated rings. The maximum atomic E-state index is 11.7. The van der Waals surface area contributed by atoms with Crippen LogP contribution in [0.1, 0.15) is 18.5 Å². The number of halogens is 1. The van der Waals surface area contributed by atoms with Gasteiger partial charge in [-0.15, -0.1) is 4.37 Å². The van der Waals surface area contributed by atoms with Crippen LogP contribution in [0.5, 0.6) is 5.88 Å². The van der Waals surface area contributed by atoms with Gasteiger partial charge in [0, 0.05) is 24.0 Å². The minimum atomic E-state index is -1.68. The number of aromatic nitrogens is 2. The smallest absolute Gasteiger partial charge is 0.422 e. The molecule has 1 spiro atoms. The van der Waals surface area contributed by atoms with Crippen LogP contribution in [0, 0.1) is 5.92 Å². The molecule has 0 radical (unpaired) electrons.